The lowest BCUT2D eigenvalue weighted by atomic mass is 10.1. The van der Waals surface area contributed by atoms with Gasteiger partial charge in [0.2, 0.25) is 0 Å². The smallest absolute Gasteiger partial charge is 0.318 e. The molecule has 120 valence electrons. The van der Waals surface area contributed by atoms with Crippen LogP contribution >= 0.6 is 0 Å². The first-order valence-corrected chi connectivity index (χ1v) is 6.77. The number of benzene rings is 2. The standard InChI is InChI=1S/C16H16FN3O3/c1-18-16(22)20-12-6-4-11(5-7-12)19-15(21)13-9-10(17)3-8-14(13)23-2/h3-9H,1-2H3,(H,19,21)(H2,18,20,22). The van der Waals surface area contributed by atoms with E-state index in [0.29, 0.717) is 11.4 Å². The Kier molecular flexibility index (Phi) is 5.14. The van der Waals surface area contributed by atoms with E-state index >= 15 is 0 Å². The molecule has 2 aromatic rings. The van der Waals surface area contributed by atoms with Crippen molar-refractivity contribution in [2.75, 3.05) is 24.8 Å². The van der Waals surface area contributed by atoms with Gasteiger partial charge in [0.15, 0.2) is 0 Å². The zero-order valence-corrected chi connectivity index (χ0v) is 12.6. The molecule has 0 fully saturated rings. The third-order valence-corrected chi connectivity index (χ3v) is 3.03. The second-order valence-corrected chi connectivity index (χ2v) is 4.58. The van der Waals surface area contributed by atoms with E-state index in [1.165, 1.54) is 26.3 Å². The fourth-order valence-electron chi connectivity index (χ4n) is 1.89. The van der Waals surface area contributed by atoms with Gasteiger partial charge in [-0.25, -0.2) is 9.18 Å². The summed E-state index contributed by atoms with van der Waals surface area (Å²) < 4.78 is 18.4. The quantitative estimate of drug-likeness (QED) is 0.811. The topological polar surface area (TPSA) is 79.5 Å². The summed E-state index contributed by atoms with van der Waals surface area (Å²) >= 11 is 0. The first kappa shape index (κ1) is 16.3. The van der Waals surface area contributed by atoms with Crippen LogP contribution in [0.5, 0.6) is 5.75 Å². The van der Waals surface area contributed by atoms with Crippen LogP contribution in [0.4, 0.5) is 20.6 Å². The third-order valence-electron chi connectivity index (χ3n) is 3.03. The molecule has 0 saturated carbocycles. The van der Waals surface area contributed by atoms with Crippen molar-refractivity contribution in [1.29, 1.82) is 0 Å². The molecule has 2 aromatic carbocycles. The van der Waals surface area contributed by atoms with E-state index in [-0.39, 0.29) is 17.3 Å². The number of amides is 3. The molecule has 0 bridgehead atoms. The van der Waals surface area contributed by atoms with Gasteiger partial charge in [-0.3, -0.25) is 4.79 Å². The summed E-state index contributed by atoms with van der Waals surface area (Å²) in [6, 6.07) is 9.88. The molecule has 0 saturated heterocycles. The minimum atomic E-state index is -0.527. The predicted octanol–water partition coefficient (Wildman–Crippen LogP) is 2.84. The van der Waals surface area contributed by atoms with Crippen LogP contribution in [0.3, 0.4) is 0 Å². The molecule has 0 aliphatic rings. The van der Waals surface area contributed by atoms with Crippen LogP contribution in [0.2, 0.25) is 0 Å². The Bertz CT molecular complexity index is 717. The van der Waals surface area contributed by atoms with Gasteiger partial charge in [0, 0.05) is 18.4 Å². The average molecular weight is 317 g/mol. The lowest BCUT2D eigenvalue weighted by Gasteiger charge is -2.10. The fraction of sp³-hybridized carbons (Fsp3) is 0.125. The maximum atomic E-state index is 13.3. The lowest BCUT2D eigenvalue weighted by molar-refractivity contribution is 0.102. The summed E-state index contributed by atoms with van der Waals surface area (Å²) in [6.45, 7) is 0. The van der Waals surface area contributed by atoms with Crippen LogP contribution < -0.4 is 20.7 Å². The number of ether oxygens (including phenoxy) is 1. The van der Waals surface area contributed by atoms with Crippen molar-refractivity contribution < 1.29 is 18.7 Å². The molecule has 0 aliphatic heterocycles. The number of hydrogen-bond acceptors (Lipinski definition) is 3. The summed E-state index contributed by atoms with van der Waals surface area (Å²) in [5, 5.41) is 7.67. The highest BCUT2D eigenvalue weighted by Crippen LogP contribution is 2.21. The van der Waals surface area contributed by atoms with Crippen LogP contribution in [0.1, 0.15) is 10.4 Å². The molecule has 0 heterocycles. The van der Waals surface area contributed by atoms with Gasteiger partial charge in [0.05, 0.1) is 12.7 Å². The molecule has 23 heavy (non-hydrogen) atoms. The molecule has 0 radical (unpaired) electrons. The minimum Gasteiger partial charge on any atom is -0.496 e. The number of halogens is 1. The number of carbonyl (C=O) groups excluding carboxylic acids is 2. The number of hydrogen-bond donors (Lipinski definition) is 3. The largest absolute Gasteiger partial charge is 0.496 e. The second-order valence-electron chi connectivity index (χ2n) is 4.58. The zero-order valence-electron chi connectivity index (χ0n) is 12.6. The van der Waals surface area contributed by atoms with Crippen molar-refractivity contribution in [2.24, 2.45) is 0 Å². The maximum absolute atomic E-state index is 13.3. The Morgan fingerprint density at radius 3 is 2.17 bits per heavy atom. The molecule has 3 N–H and O–H groups in total. The molecular formula is C16H16FN3O3. The summed E-state index contributed by atoms with van der Waals surface area (Å²) in [7, 11) is 2.92. The number of nitrogens with one attached hydrogen (secondary N) is 3. The highest BCUT2D eigenvalue weighted by molar-refractivity contribution is 6.06. The van der Waals surface area contributed by atoms with Gasteiger partial charge in [-0.1, -0.05) is 0 Å². The molecule has 0 spiro atoms. The monoisotopic (exact) mass is 317 g/mol. The van der Waals surface area contributed by atoms with Crippen molar-refractivity contribution in [3.63, 3.8) is 0 Å². The highest BCUT2D eigenvalue weighted by atomic mass is 19.1. The van der Waals surface area contributed by atoms with E-state index in [2.05, 4.69) is 16.0 Å². The van der Waals surface area contributed by atoms with E-state index < -0.39 is 11.7 Å². The Hall–Kier alpha value is -3.09. The Morgan fingerprint density at radius 1 is 1.00 bits per heavy atom. The first-order chi connectivity index (χ1) is 11.0. The normalized spacial score (nSPS) is 9.87. The van der Waals surface area contributed by atoms with E-state index in [9.17, 15) is 14.0 Å². The van der Waals surface area contributed by atoms with E-state index in [1.807, 2.05) is 0 Å². The van der Waals surface area contributed by atoms with Gasteiger partial charge in [-0.2, -0.15) is 0 Å². The number of anilines is 2. The SMILES string of the molecule is CNC(=O)Nc1ccc(NC(=O)c2cc(F)ccc2OC)cc1. The number of urea groups is 1. The van der Waals surface area contributed by atoms with Crippen LogP contribution in [0.15, 0.2) is 42.5 Å². The molecule has 7 heteroatoms. The molecule has 2 rings (SSSR count). The molecule has 0 aliphatic carbocycles. The lowest BCUT2D eigenvalue weighted by Crippen LogP contribution is -2.24. The number of rotatable bonds is 4. The van der Waals surface area contributed by atoms with Crippen LogP contribution in [0.25, 0.3) is 0 Å². The van der Waals surface area contributed by atoms with Crippen LogP contribution in [-0.4, -0.2) is 26.1 Å². The van der Waals surface area contributed by atoms with Gasteiger partial charge in [-0.15, -0.1) is 0 Å². The highest BCUT2D eigenvalue weighted by Gasteiger charge is 2.13. The van der Waals surface area contributed by atoms with Crippen LogP contribution in [0, 0.1) is 5.82 Å². The van der Waals surface area contributed by atoms with E-state index in [0.717, 1.165) is 6.07 Å². The van der Waals surface area contributed by atoms with Gasteiger partial charge in [0.1, 0.15) is 11.6 Å². The third kappa shape index (κ3) is 4.19. The molecule has 0 atom stereocenters. The summed E-state index contributed by atoms with van der Waals surface area (Å²) in [6.07, 6.45) is 0. The van der Waals surface area contributed by atoms with Crippen molar-refractivity contribution in [3.05, 3.63) is 53.8 Å². The van der Waals surface area contributed by atoms with Crippen molar-refractivity contribution in [2.45, 2.75) is 0 Å². The summed E-state index contributed by atoms with van der Waals surface area (Å²) in [4.78, 5) is 23.4. The van der Waals surface area contributed by atoms with Gasteiger partial charge in [0.25, 0.3) is 5.91 Å². The van der Waals surface area contributed by atoms with Crippen molar-refractivity contribution >= 4 is 23.3 Å². The fourth-order valence-corrected chi connectivity index (χ4v) is 1.89. The molecule has 0 unspecified atom stereocenters. The Morgan fingerprint density at radius 2 is 1.61 bits per heavy atom. The van der Waals surface area contributed by atoms with Crippen molar-refractivity contribution in [3.8, 4) is 5.75 Å². The van der Waals surface area contributed by atoms with Gasteiger partial charge < -0.3 is 20.7 Å². The predicted molar refractivity (Wildman–Crippen MR) is 85.4 cm³/mol. The summed E-state index contributed by atoms with van der Waals surface area (Å²) in [5.74, 6) is -0.740. The second kappa shape index (κ2) is 7.26. The van der Waals surface area contributed by atoms with Gasteiger partial charge in [-0.05, 0) is 42.5 Å². The van der Waals surface area contributed by atoms with E-state index in [1.54, 1.807) is 24.3 Å². The average Bonchev–Trinajstić information content (AvgIpc) is 2.56. The van der Waals surface area contributed by atoms with Crippen LogP contribution in [-0.2, 0) is 0 Å². The summed E-state index contributed by atoms with van der Waals surface area (Å²) in [5.41, 5.74) is 1.18. The molecular weight excluding hydrogens is 301 g/mol. The Labute approximate surface area is 132 Å². The van der Waals surface area contributed by atoms with E-state index in [4.69, 9.17) is 4.74 Å². The Balaban J connectivity index is 2.11. The molecule has 6 nitrogen and oxygen atoms in total. The minimum absolute atomic E-state index is 0.0973. The first-order valence-electron chi connectivity index (χ1n) is 6.77. The maximum Gasteiger partial charge on any atom is 0.318 e. The zero-order chi connectivity index (χ0) is 16.8. The number of methoxy groups -OCH3 is 1. The molecule has 3 amide bonds. The molecule has 0 aromatic heterocycles. The number of carbonyl (C=O) groups is 2. The van der Waals surface area contributed by atoms with Crippen molar-refractivity contribution in [1.82, 2.24) is 5.32 Å². The van der Waals surface area contributed by atoms with Gasteiger partial charge >= 0.3 is 6.03 Å².